The largest absolute Gasteiger partial charge is 0.378 e. The average Bonchev–Trinajstić information content (AvgIpc) is 2.76. The van der Waals surface area contributed by atoms with Crippen LogP contribution in [0.1, 0.15) is 21.8 Å². The van der Waals surface area contributed by atoms with Crippen LogP contribution >= 0.6 is 0 Å². The number of amides is 1. The summed E-state index contributed by atoms with van der Waals surface area (Å²) < 4.78 is 5.11. The summed E-state index contributed by atoms with van der Waals surface area (Å²) in [6, 6.07) is 7.53. The molecule has 0 aliphatic carbocycles. The van der Waals surface area contributed by atoms with Gasteiger partial charge in [-0.3, -0.25) is 4.79 Å². The molecule has 0 saturated heterocycles. The number of aromatic nitrogens is 1. The summed E-state index contributed by atoms with van der Waals surface area (Å²) in [7, 11) is 5.63. The van der Waals surface area contributed by atoms with E-state index in [1.165, 1.54) is 0 Å². The molecule has 0 spiro atoms. The molecule has 1 heterocycles. The van der Waals surface area contributed by atoms with Gasteiger partial charge in [0.25, 0.3) is 5.91 Å². The Morgan fingerprint density at radius 1 is 1.20 bits per heavy atom. The van der Waals surface area contributed by atoms with Crippen LogP contribution in [0.2, 0.25) is 0 Å². The summed E-state index contributed by atoms with van der Waals surface area (Å²) >= 11 is 0. The topological polar surface area (TPSA) is 49.6 Å². The smallest absolute Gasteiger partial charge is 0.258 e. The molecular weight excluding hydrogens is 254 g/mol. The lowest BCUT2D eigenvalue weighted by molar-refractivity contribution is 0.0992. The SMILES string of the molecule is Cc1noc(C)c1N(C)C(=O)c1cccc(N(C)C)c1. The molecule has 1 amide bonds. The number of hydrogen-bond donors (Lipinski definition) is 0. The predicted molar refractivity (Wildman–Crippen MR) is 79.5 cm³/mol. The third-order valence-corrected chi connectivity index (χ3v) is 3.25. The van der Waals surface area contributed by atoms with Crippen LogP contribution in [-0.4, -0.2) is 32.2 Å². The summed E-state index contributed by atoms with van der Waals surface area (Å²) in [5.41, 5.74) is 3.06. The van der Waals surface area contributed by atoms with E-state index < -0.39 is 0 Å². The van der Waals surface area contributed by atoms with E-state index in [1.807, 2.05) is 50.2 Å². The predicted octanol–water partition coefficient (Wildman–Crippen LogP) is 2.63. The highest BCUT2D eigenvalue weighted by molar-refractivity contribution is 6.06. The molecule has 0 saturated carbocycles. The third-order valence-electron chi connectivity index (χ3n) is 3.25. The quantitative estimate of drug-likeness (QED) is 0.862. The number of aryl methyl sites for hydroxylation is 2. The van der Waals surface area contributed by atoms with Crippen LogP contribution in [0.15, 0.2) is 28.8 Å². The zero-order valence-corrected chi connectivity index (χ0v) is 12.5. The van der Waals surface area contributed by atoms with Crippen LogP contribution in [-0.2, 0) is 0 Å². The van der Waals surface area contributed by atoms with E-state index in [0.29, 0.717) is 17.0 Å². The van der Waals surface area contributed by atoms with Gasteiger partial charge in [0.05, 0.1) is 0 Å². The maximum atomic E-state index is 12.6. The molecule has 20 heavy (non-hydrogen) atoms. The highest BCUT2D eigenvalue weighted by atomic mass is 16.5. The first-order chi connectivity index (χ1) is 9.41. The molecule has 5 nitrogen and oxygen atoms in total. The lowest BCUT2D eigenvalue weighted by Gasteiger charge is -2.18. The molecule has 0 N–H and O–H groups in total. The van der Waals surface area contributed by atoms with Gasteiger partial charge in [0, 0.05) is 32.4 Å². The molecule has 0 bridgehead atoms. The molecule has 0 atom stereocenters. The van der Waals surface area contributed by atoms with Crippen LogP contribution in [0.25, 0.3) is 0 Å². The van der Waals surface area contributed by atoms with Crippen molar-refractivity contribution in [1.82, 2.24) is 5.16 Å². The lowest BCUT2D eigenvalue weighted by Crippen LogP contribution is -2.27. The van der Waals surface area contributed by atoms with Crippen molar-refractivity contribution >= 4 is 17.3 Å². The second-order valence-corrected chi connectivity index (χ2v) is 4.98. The molecule has 0 aliphatic heterocycles. The van der Waals surface area contributed by atoms with Crippen LogP contribution in [0.3, 0.4) is 0 Å². The zero-order valence-electron chi connectivity index (χ0n) is 12.5. The second-order valence-electron chi connectivity index (χ2n) is 4.98. The number of benzene rings is 1. The normalized spacial score (nSPS) is 10.4. The molecule has 0 unspecified atom stereocenters. The van der Waals surface area contributed by atoms with Crippen molar-refractivity contribution in [3.63, 3.8) is 0 Å². The molecule has 0 fully saturated rings. The van der Waals surface area contributed by atoms with Gasteiger partial charge in [-0.05, 0) is 32.0 Å². The first kappa shape index (κ1) is 14.1. The van der Waals surface area contributed by atoms with Gasteiger partial charge in [-0.25, -0.2) is 0 Å². The number of carbonyl (C=O) groups is 1. The second kappa shape index (κ2) is 5.36. The maximum Gasteiger partial charge on any atom is 0.258 e. The van der Waals surface area contributed by atoms with E-state index in [0.717, 1.165) is 11.4 Å². The Kier molecular flexibility index (Phi) is 3.79. The molecule has 0 aliphatic rings. The number of nitrogens with zero attached hydrogens (tertiary/aromatic N) is 3. The Bertz CT molecular complexity index is 612. The van der Waals surface area contributed by atoms with Crippen molar-refractivity contribution in [3.8, 4) is 0 Å². The van der Waals surface area contributed by atoms with Gasteiger partial charge in [-0.1, -0.05) is 11.2 Å². The minimum Gasteiger partial charge on any atom is -0.378 e. The van der Waals surface area contributed by atoms with Gasteiger partial charge >= 0.3 is 0 Å². The zero-order chi connectivity index (χ0) is 14.9. The van der Waals surface area contributed by atoms with Crippen molar-refractivity contribution in [2.24, 2.45) is 0 Å². The summed E-state index contributed by atoms with van der Waals surface area (Å²) in [6.45, 7) is 3.63. The maximum absolute atomic E-state index is 12.6. The number of carbonyl (C=O) groups excluding carboxylic acids is 1. The van der Waals surface area contributed by atoms with E-state index in [4.69, 9.17) is 4.52 Å². The Balaban J connectivity index is 2.34. The van der Waals surface area contributed by atoms with Crippen molar-refractivity contribution in [2.45, 2.75) is 13.8 Å². The van der Waals surface area contributed by atoms with Crippen LogP contribution in [0.5, 0.6) is 0 Å². The fraction of sp³-hybridized carbons (Fsp3) is 0.333. The Morgan fingerprint density at radius 2 is 1.90 bits per heavy atom. The number of hydrogen-bond acceptors (Lipinski definition) is 4. The van der Waals surface area contributed by atoms with Gasteiger partial charge in [0.1, 0.15) is 11.4 Å². The molecule has 2 aromatic rings. The van der Waals surface area contributed by atoms with E-state index in [1.54, 1.807) is 18.9 Å². The fourth-order valence-electron chi connectivity index (χ4n) is 2.17. The molecule has 1 aromatic carbocycles. The van der Waals surface area contributed by atoms with Crippen molar-refractivity contribution in [1.29, 1.82) is 0 Å². The standard InChI is InChI=1S/C15H19N3O2/c1-10-14(11(2)20-16-10)18(5)15(19)12-7-6-8-13(9-12)17(3)4/h6-9H,1-5H3. The van der Waals surface area contributed by atoms with Crippen LogP contribution in [0.4, 0.5) is 11.4 Å². The highest BCUT2D eigenvalue weighted by Crippen LogP contribution is 2.25. The van der Waals surface area contributed by atoms with Gasteiger partial charge in [0.2, 0.25) is 0 Å². The summed E-state index contributed by atoms with van der Waals surface area (Å²) in [5, 5.41) is 3.88. The lowest BCUT2D eigenvalue weighted by atomic mass is 10.1. The summed E-state index contributed by atoms with van der Waals surface area (Å²) in [5.74, 6) is 0.560. The highest BCUT2D eigenvalue weighted by Gasteiger charge is 2.20. The molecule has 2 rings (SSSR count). The van der Waals surface area contributed by atoms with Crippen molar-refractivity contribution < 1.29 is 9.32 Å². The van der Waals surface area contributed by atoms with Crippen molar-refractivity contribution in [3.05, 3.63) is 41.3 Å². The first-order valence-electron chi connectivity index (χ1n) is 6.40. The van der Waals surface area contributed by atoms with Gasteiger partial charge in [0.15, 0.2) is 5.76 Å². The van der Waals surface area contributed by atoms with Gasteiger partial charge in [-0.15, -0.1) is 0 Å². The Labute approximate surface area is 118 Å². The third kappa shape index (κ3) is 2.52. The minimum atomic E-state index is -0.0805. The van der Waals surface area contributed by atoms with E-state index in [2.05, 4.69) is 5.16 Å². The number of rotatable bonds is 3. The summed E-state index contributed by atoms with van der Waals surface area (Å²) in [4.78, 5) is 16.1. The molecule has 1 aromatic heterocycles. The van der Waals surface area contributed by atoms with E-state index in [-0.39, 0.29) is 5.91 Å². The number of anilines is 2. The van der Waals surface area contributed by atoms with Gasteiger partial charge < -0.3 is 14.3 Å². The monoisotopic (exact) mass is 273 g/mol. The van der Waals surface area contributed by atoms with E-state index >= 15 is 0 Å². The molecular formula is C15H19N3O2. The van der Waals surface area contributed by atoms with Crippen LogP contribution in [0, 0.1) is 13.8 Å². The fourth-order valence-corrected chi connectivity index (χ4v) is 2.17. The van der Waals surface area contributed by atoms with Crippen LogP contribution < -0.4 is 9.80 Å². The average molecular weight is 273 g/mol. The Morgan fingerprint density at radius 3 is 2.45 bits per heavy atom. The summed E-state index contributed by atoms with van der Waals surface area (Å²) in [6.07, 6.45) is 0. The Hall–Kier alpha value is -2.30. The molecule has 5 heteroatoms. The minimum absolute atomic E-state index is 0.0805. The van der Waals surface area contributed by atoms with Crippen molar-refractivity contribution in [2.75, 3.05) is 30.9 Å². The van der Waals surface area contributed by atoms with Gasteiger partial charge in [-0.2, -0.15) is 0 Å². The van der Waals surface area contributed by atoms with E-state index in [9.17, 15) is 4.79 Å². The first-order valence-corrected chi connectivity index (χ1v) is 6.40. The molecule has 0 radical (unpaired) electrons. The molecule has 106 valence electrons.